The second-order valence-corrected chi connectivity index (χ2v) is 9.81. The molecule has 0 saturated carbocycles. The first kappa shape index (κ1) is 21.4. The van der Waals surface area contributed by atoms with Gasteiger partial charge < -0.3 is 10.1 Å². The first-order valence-electron chi connectivity index (χ1n) is 10.6. The lowest BCUT2D eigenvalue weighted by Crippen LogP contribution is -2.40. The van der Waals surface area contributed by atoms with E-state index in [0.717, 1.165) is 33.3 Å². The Morgan fingerprint density at radius 3 is 2.48 bits per heavy atom. The van der Waals surface area contributed by atoms with Gasteiger partial charge in [0.05, 0.1) is 35.5 Å². The summed E-state index contributed by atoms with van der Waals surface area (Å²) in [5.74, 6) is 0.658. The summed E-state index contributed by atoms with van der Waals surface area (Å²) >= 11 is 0. The van der Waals surface area contributed by atoms with Gasteiger partial charge in [-0.2, -0.15) is 9.40 Å². The largest absolute Gasteiger partial charge is 0.379 e. The highest BCUT2D eigenvalue weighted by molar-refractivity contribution is 7.89. The molecule has 1 fully saturated rings. The molecule has 0 aliphatic carbocycles. The number of fused-ring (bicyclic) bond motifs is 1. The number of aryl methyl sites for hydroxylation is 1. The molecular weight excluding hydrogens is 438 g/mol. The molecule has 3 heterocycles. The average molecular weight is 462 g/mol. The predicted molar refractivity (Wildman–Crippen MR) is 127 cm³/mol. The maximum atomic E-state index is 12.9. The van der Waals surface area contributed by atoms with Gasteiger partial charge in [0.25, 0.3) is 0 Å². The average Bonchev–Trinajstić information content (AvgIpc) is 2.85. The SMILES string of the molecule is Cc1cnnc(Nc2ccnc3ccc(-c4ccc(S(=O)(=O)N5CCOCC5)cc4)cc23)c1. The fourth-order valence-electron chi connectivity index (χ4n) is 3.85. The molecule has 1 aliphatic rings. The van der Waals surface area contributed by atoms with Crippen LogP contribution < -0.4 is 5.32 Å². The Balaban J connectivity index is 1.46. The molecule has 0 bridgehead atoms. The zero-order valence-corrected chi connectivity index (χ0v) is 18.9. The van der Waals surface area contributed by atoms with Crippen LogP contribution in [0.2, 0.25) is 0 Å². The molecule has 33 heavy (non-hydrogen) atoms. The molecule has 1 N–H and O–H groups in total. The topological polar surface area (TPSA) is 97.3 Å². The summed E-state index contributed by atoms with van der Waals surface area (Å²) < 4.78 is 32.5. The third kappa shape index (κ3) is 4.43. The number of pyridine rings is 1. The molecule has 2 aromatic heterocycles. The first-order valence-corrected chi connectivity index (χ1v) is 12.1. The van der Waals surface area contributed by atoms with Gasteiger partial charge in [-0.25, -0.2) is 8.42 Å². The van der Waals surface area contributed by atoms with Crippen LogP contribution in [0.4, 0.5) is 11.5 Å². The van der Waals surface area contributed by atoms with Crippen molar-refractivity contribution in [3.8, 4) is 11.1 Å². The number of sulfonamides is 1. The van der Waals surface area contributed by atoms with Crippen molar-refractivity contribution in [3.63, 3.8) is 0 Å². The van der Waals surface area contributed by atoms with Crippen molar-refractivity contribution in [3.05, 3.63) is 72.6 Å². The molecule has 0 spiro atoms. The maximum Gasteiger partial charge on any atom is 0.243 e. The molecule has 9 heteroatoms. The van der Waals surface area contributed by atoms with Gasteiger partial charge in [-0.05, 0) is 60.0 Å². The van der Waals surface area contributed by atoms with Crippen molar-refractivity contribution < 1.29 is 13.2 Å². The summed E-state index contributed by atoms with van der Waals surface area (Å²) in [5, 5.41) is 12.4. The van der Waals surface area contributed by atoms with Gasteiger partial charge >= 0.3 is 0 Å². The normalized spacial score (nSPS) is 14.9. The van der Waals surface area contributed by atoms with E-state index in [1.807, 2.05) is 49.4 Å². The fraction of sp³-hybridized carbons (Fsp3) is 0.208. The fourth-order valence-corrected chi connectivity index (χ4v) is 5.26. The van der Waals surface area contributed by atoms with Gasteiger partial charge in [-0.3, -0.25) is 4.98 Å². The second-order valence-electron chi connectivity index (χ2n) is 7.87. The van der Waals surface area contributed by atoms with E-state index in [2.05, 4.69) is 20.5 Å². The predicted octanol–water partition coefficient (Wildman–Crippen LogP) is 3.76. The lowest BCUT2D eigenvalue weighted by Gasteiger charge is -2.26. The molecule has 168 valence electrons. The smallest absolute Gasteiger partial charge is 0.243 e. The van der Waals surface area contributed by atoms with Crippen molar-refractivity contribution in [1.29, 1.82) is 0 Å². The van der Waals surface area contributed by atoms with E-state index < -0.39 is 10.0 Å². The molecule has 8 nitrogen and oxygen atoms in total. The number of morpholine rings is 1. The van der Waals surface area contributed by atoms with E-state index in [1.54, 1.807) is 24.5 Å². The summed E-state index contributed by atoms with van der Waals surface area (Å²) in [5.41, 5.74) is 4.61. The molecule has 1 aliphatic heterocycles. The summed E-state index contributed by atoms with van der Waals surface area (Å²) in [6.07, 6.45) is 3.45. The zero-order chi connectivity index (χ0) is 22.8. The molecule has 1 saturated heterocycles. The number of nitrogens with one attached hydrogen (secondary N) is 1. The number of hydrogen-bond donors (Lipinski definition) is 1. The van der Waals surface area contributed by atoms with Crippen molar-refractivity contribution >= 4 is 32.4 Å². The van der Waals surface area contributed by atoms with Crippen LogP contribution in [0.1, 0.15) is 5.56 Å². The number of hydrogen-bond acceptors (Lipinski definition) is 7. The Labute approximate surface area is 192 Å². The van der Waals surface area contributed by atoms with Crippen LogP contribution in [0.25, 0.3) is 22.0 Å². The highest BCUT2D eigenvalue weighted by Gasteiger charge is 2.26. The van der Waals surface area contributed by atoms with E-state index in [-0.39, 0.29) is 4.90 Å². The van der Waals surface area contributed by atoms with Crippen molar-refractivity contribution in [2.24, 2.45) is 0 Å². The van der Waals surface area contributed by atoms with Crippen LogP contribution >= 0.6 is 0 Å². The lowest BCUT2D eigenvalue weighted by atomic mass is 10.0. The minimum Gasteiger partial charge on any atom is -0.379 e. The van der Waals surface area contributed by atoms with Gasteiger partial charge in [0.1, 0.15) is 0 Å². The lowest BCUT2D eigenvalue weighted by molar-refractivity contribution is 0.0730. The highest BCUT2D eigenvalue weighted by Crippen LogP contribution is 2.30. The number of nitrogens with zero attached hydrogens (tertiary/aromatic N) is 4. The van der Waals surface area contributed by atoms with Crippen LogP contribution in [0.3, 0.4) is 0 Å². The maximum absolute atomic E-state index is 12.9. The summed E-state index contributed by atoms with van der Waals surface area (Å²) in [6.45, 7) is 3.57. The van der Waals surface area contributed by atoms with E-state index in [0.29, 0.717) is 32.1 Å². The van der Waals surface area contributed by atoms with Crippen molar-refractivity contribution in [2.75, 3.05) is 31.6 Å². The van der Waals surface area contributed by atoms with Gasteiger partial charge in [-0.1, -0.05) is 18.2 Å². The monoisotopic (exact) mass is 461 g/mol. The number of rotatable bonds is 5. The van der Waals surface area contributed by atoms with Crippen LogP contribution in [0.5, 0.6) is 0 Å². The number of anilines is 2. The summed E-state index contributed by atoms with van der Waals surface area (Å²) in [4.78, 5) is 4.75. The van der Waals surface area contributed by atoms with Crippen molar-refractivity contribution in [2.45, 2.75) is 11.8 Å². The third-order valence-corrected chi connectivity index (χ3v) is 7.50. The number of benzene rings is 2. The van der Waals surface area contributed by atoms with Crippen LogP contribution in [0, 0.1) is 6.92 Å². The van der Waals surface area contributed by atoms with Gasteiger partial charge in [0.15, 0.2) is 5.82 Å². The van der Waals surface area contributed by atoms with Gasteiger partial charge in [-0.15, -0.1) is 5.10 Å². The summed E-state index contributed by atoms with van der Waals surface area (Å²) in [6, 6.07) is 16.8. The number of aromatic nitrogens is 3. The highest BCUT2D eigenvalue weighted by atomic mass is 32.2. The number of ether oxygens (including phenoxy) is 1. The van der Waals surface area contributed by atoms with E-state index >= 15 is 0 Å². The third-order valence-electron chi connectivity index (χ3n) is 5.59. The minimum absolute atomic E-state index is 0.288. The molecule has 5 rings (SSSR count). The van der Waals surface area contributed by atoms with E-state index in [4.69, 9.17) is 4.74 Å². The quantitative estimate of drug-likeness (QED) is 0.483. The second kappa shape index (κ2) is 8.86. The Kier molecular flexibility index (Phi) is 5.76. The van der Waals surface area contributed by atoms with Crippen LogP contribution in [-0.2, 0) is 14.8 Å². The van der Waals surface area contributed by atoms with Gasteiger partial charge in [0, 0.05) is 24.7 Å². The first-order chi connectivity index (χ1) is 16.0. The molecule has 0 amide bonds. The van der Waals surface area contributed by atoms with E-state index in [1.165, 1.54) is 4.31 Å². The Morgan fingerprint density at radius 1 is 0.970 bits per heavy atom. The Hall–Kier alpha value is -3.40. The van der Waals surface area contributed by atoms with Crippen molar-refractivity contribution in [1.82, 2.24) is 19.5 Å². The molecule has 0 atom stereocenters. The van der Waals surface area contributed by atoms with E-state index in [9.17, 15) is 8.42 Å². The Morgan fingerprint density at radius 2 is 1.73 bits per heavy atom. The molecular formula is C24H23N5O3S. The van der Waals surface area contributed by atoms with Crippen LogP contribution in [-0.4, -0.2) is 54.2 Å². The zero-order valence-electron chi connectivity index (χ0n) is 18.1. The Bertz CT molecular complexity index is 1400. The van der Waals surface area contributed by atoms with Crippen LogP contribution in [0.15, 0.2) is 71.9 Å². The van der Waals surface area contributed by atoms with Gasteiger partial charge in [0.2, 0.25) is 10.0 Å². The molecule has 0 radical (unpaired) electrons. The summed E-state index contributed by atoms with van der Waals surface area (Å²) in [7, 11) is -3.52. The molecule has 2 aromatic carbocycles. The minimum atomic E-state index is -3.52. The standard InChI is InChI=1S/C24H23N5O3S/c1-17-14-24(28-26-16-17)27-23-8-9-25-22-7-4-19(15-21(22)23)18-2-5-20(6-3-18)33(30,31)29-10-12-32-13-11-29/h2-9,14-16H,10-13H2,1H3,(H,25,27,28). The molecule has 0 unspecified atom stereocenters. The molecule has 4 aromatic rings.